The number of aromatic nitrogens is 3. The Morgan fingerprint density at radius 3 is 2.41 bits per heavy atom. The molecule has 1 aromatic carbocycles. The highest BCUT2D eigenvalue weighted by molar-refractivity contribution is 5.91. The number of hydrogen-bond acceptors (Lipinski definition) is 6. The van der Waals surface area contributed by atoms with E-state index in [0.717, 1.165) is 23.4 Å². The van der Waals surface area contributed by atoms with E-state index < -0.39 is 0 Å². The third-order valence-electron chi connectivity index (χ3n) is 4.20. The van der Waals surface area contributed by atoms with Crippen LogP contribution in [0.1, 0.15) is 29.9 Å². The van der Waals surface area contributed by atoms with E-state index in [4.69, 9.17) is 4.74 Å². The van der Waals surface area contributed by atoms with E-state index in [1.807, 2.05) is 50.2 Å². The van der Waals surface area contributed by atoms with Crippen molar-refractivity contribution in [2.45, 2.75) is 26.4 Å². The van der Waals surface area contributed by atoms with Crippen molar-refractivity contribution >= 4 is 17.4 Å². The molecule has 0 aliphatic carbocycles. The predicted octanol–water partition coefficient (Wildman–Crippen LogP) is 3.72. The number of carbonyl (C=O) groups excluding carboxylic acids is 1. The summed E-state index contributed by atoms with van der Waals surface area (Å²) in [5.41, 5.74) is 2.31. The van der Waals surface area contributed by atoms with E-state index >= 15 is 0 Å². The second-order valence-corrected chi connectivity index (χ2v) is 6.94. The number of carbonyl (C=O) groups is 1. The summed E-state index contributed by atoms with van der Waals surface area (Å²) in [6, 6.07) is 11.5. The summed E-state index contributed by atoms with van der Waals surface area (Å²) >= 11 is 0. The number of benzene rings is 1. The summed E-state index contributed by atoms with van der Waals surface area (Å²) in [6.07, 6.45) is 7.44. The fourth-order valence-corrected chi connectivity index (χ4v) is 2.68. The molecule has 0 unspecified atom stereocenters. The van der Waals surface area contributed by atoms with Crippen molar-refractivity contribution < 1.29 is 9.53 Å². The molecule has 3 aromatic rings. The van der Waals surface area contributed by atoms with E-state index in [1.165, 1.54) is 6.20 Å². The van der Waals surface area contributed by atoms with Crippen molar-refractivity contribution in [1.82, 2.24) is 19.9 Å². The van der Waals surface area contributed by atoms with Gasteiger partial charge in [-0.2, -0.15) is 0 Å². The zero-order valence-electron chi connectivity index (χ0n) is 16.9. The predicted molar refractivity (Wildman–Crippen MR) is 112 cm³/mol. The van der Waals surface area contributed by atoms with E-state index in [1.54, 1.807) is 30.5 Å². The van der Waals surface area contributed by atoms with Crippen LogP contribution in [0.25, 0.3) is 0 Å². The van der Waals surface area contributed by atoms with Crippen molar-refractivity contribution in [1.29, 1.82) is 0 Å². The van der Waals surface area contributed by atoms with Crippen LogP contribution in [-0.2, 0) is 6.42 Å². The monoisotopic (exact) mass is 391 g/mol. The molecular formula is C22H25N5O2. The maximum absolute atomic E-state index is 12.5. The Bertz CT molecular complexity index is 912. The molecule has 0 atom stereocenters. The zero-order valence-corrected chi connectivity index (χ0v) is 16.9. The lowest BCUT2D eigenvalue weighted by molar-refractivity contribution is 0.0790. The molecule has 150 valence electrons. The molecule has 0 spiro atoms. The maximum atomic E-state index is 12.5. The molecule has 0 saturated heterocycles. The van der Waals surface area contributed by atoms with Crippen LogP contribution >= 0.6 is 0 Å². The van der Waals surface area contributed by atoms with Crippen molar-refractivity contribution in [3.8, 4) is 5.75 Å². The summed E-state index contributed by atoms with van der Waals surface area (Å²) in [7, 11) is 1.76. The number of pyridine rings is 1. The molecule has 3 rings (SSSR count). The van der Waals surface area contributed by atoms with Crippen molar-refractivity contribution in [3.05, 3.63) is 72.4 Å². The van der Waals surface area contributed by atoms with Crippen molar-refractivity contribution in [3.63, 3.8) is 0 Å². The van der Waals surface area contributed by atoms with Gasteiger partial charge in [-0.05, 0) is 62.2 Å². The van der Waals surface area contributed by atoms with Gasteiger partial charge in [-0.25, -0.2) is 9.97 Å². The van der Waals surface area contributed by atoms with Gasteiger partial charge in [0.2, 0.25) is 0 Å². The lowest BCUT2D eigenvalue weighted by atomic mass is 10.2. The molecule has 2 heterocycles. The Labute approximate surface area is 170 Å². The average Bonchev–Trinajstić information content (AvgIpc) is 2.74. The second-order valence-electron chi connectivity index (χ2n) is 6.94. The molecule has 2 aromatic heterocycles. The van der Waals surface area contributed by atoms with E-state index in [-0.39, 0.29) is 12.0 Å². The minimum Gasteiger partial charge on any atom is -0.491 e. The number of hydrogen-bond donors (Lipinski definition) is 1. The number of anilines is 2. The van der Waals surface area contributed by atoms with Crippen LogP contribution in [0.2, 0.25) is 0 Å². The van der Waals surface area contributed by atoms with Gasteiger partial charge in [0.1, 0.15) is 17.3 Å². The van der Waals surface area contributed by atoms with Gasteiger partial charge in [-0.3, -0.25) is 9.78 Å². The zero-order chi connectivity index (χ0) is 20.6. The standard InChI is InChI=1S/C22H25N5O2/c1-16(2)29-19-6-4-18(5-7-19)26-21-15-24-20(14-25-21)22(28)27(3)13-10-17-8-11-23-12-9-17/h4-9,11-12,14-16H,10,13H2,1-3H3,(H,25,26). The minimum atomic E-state index is -0.159. The Balaban J connectivity index is 1.55. The number of ether oxygens (including phenoxy) is 1. The van der Waals surface area contributed by atoms with Crippen molar-refractivity contribution in [2.24, 2.45) is 0 Å². The SMILES string of the molecule is CC(C)Oc1ccc(Nc2cnc(C(=O)N(C)CCc3ccncc3)cn2)cc1. The molecule has 7 heteroatoms. The molecule has 1 amide bonds. The lowest BCUT2D eigenvalue weighted by Crippen LogP contribution is -2.29. The molecular weight excluding hydrogens is 366 g/mol. The molecule has 0 bridgehead atoms. The molecule has 0 aliphatic rings. The van der Waals surface area contributed by atoms with Crippen LogP contribution in [0.4, 0.5) is 11.5 Å². The smallest absolute Gasteiger partial charge is 0.273 e. The van der Waals surface area contributed by atoms with Crippen LogP contribution < -0.4 is 10.1 Å². The van der Waals surface area contributed by atoms with Gasteiger partial charge in [0, 0.05) is 31.7 Å². The number of amides is 1. The van der Waals surface area contributed by atoms with Crippen LogP contribution in [0, 0.1) is 0 Å². The van der Waals surface area contributed by atoms with Gasteiger partial charge in [0.15, 0.2) is 0 Å². The largest absolute Gasteiger partial charge is 0.491 e. The van der Waals surface area contributed by atoms with Crippen LogP contribution in [0.15, 0.2) is 61.2 Å². The van der Waals surface area contributed by atoms with E-state index in [0.29, 0.717) is 18.1 Å². The molecule has 0 radical (unpaired) electrons. The average molecular weight is 391 g/mol. The minimum absolute atomic E-state index is 0.132. The highest BCUT2D eigenvalue weighted by atomic mass is 16.5. The molecule has 0 saturated carbocycles. The maximum Gasteiger partial charge on any atom is 0.273 e. The summed E-state index contributed by atoms with van der Waals surface area (Å²) in [5, 5.41) is 3.17. The Kier molecular flexibility index (Phi) is 6.73. The van der Waals surface area contributed by atoms with Gasteiger partial charge in [-0.1, -0.05) is 0 Å². The normalized spacial score (nSPS) is 10.6. The fraction of sp³-hybridized carbons (Fsp3) is 0.273. The van der Waals surface area contributed by atoms with Crippen LogP contribution in [-0.4, -0.2) is 45.5 Å². The van der Waals surface area contributed by atoms with Crippen molar-refractivity contribution in [2.75, 3.05) is 18.9 Å². The fourth-order valence-electron chi connectivity index (χ4n) is 2.68. The van der Waals surface area contributed by atoms with E-state index in [2.05, 4.69) is 20.3 Å². The first-order valence-corrected chi connectivity index (χ1v) is 9.51. The topological polar surface area (TPSA) is 80.2 Å². The quantitative estimate of drug-likeness (QED) is 0.630. The number of nitrogens with one attached hydrogen (secondary N) is 1. The molecule has 1 N–H and O–H groups in total. The first-order valence-electron chi connectivity index (χ1n) is 9.51. The first-order chi connectivity index (χ1) is 14.0. The van der Waals surface area contributed by atoms with Crippen LogP contribution in [0.5, 0.6) is 5.75 Å². The number of rotatable bonds is 8. The highest BCUT2D eigenvalue weighted by Gasteiger charge is 2.13. The third kappa shape index (κ3) is 6.00. The molecule has 7 nitrogen and oxygen atoms in total. The van der Waals surface area contributed by atoms with Gasteiger partial charge in [0.05, 0.1) is 18.5 Å². The van der Waals surface area contributed by atoms with E-state index in [9.17, 15) is 4.79 Å². The second kappa shape index (κ2) is 9.64. The summed E-state index contributed by atoms with van der Waals surface area (Å²) < 4.78 is 5.63. The Hall–Kier alpha value is -3.48. The molecule has 0 aliphatic heterocycles. The molecule has 0 fully saturated rings. The highest BCUT2D eigenvalue weighted by Crippen LogP contribution is 2.19. The summed E-state index contributed by atoms with van der Waals surface area (Å²) in [4.78, 5) is 26.7. The summed E-state index contributed by atoms with van der Waals surface area (Å²) in [5.74, 6) is 1.22. The first kappa shape index (κ1) is 20.3. The van der Waals surface area contributed by atoms with Crippen LogP contribution in [0.3, 0.4) is 0 Å². The Morgan fingerprint density at radius 1 is 1.07 bits per heavy atom. The molecule has 29 heavy (non-hydrogen) atoms. The van der Waals surface area contributed by atoms with Gasteiger partial charge in [-0.15, -0.1) is 0 Å². The number of nitrogens with zero attached hydrogens (tertiary/aromatic N) is 4. The third-order valence-corrected chi connectivity index (χ3v) is 4.20. The number of likely N-dealkylation sites (N-methyl/N-ethyl adjacent to an activating group) is 1. The summed E-state index contributed by atoms with van der Waals surface area (Å²) in [6.45, 7) is 4.57. The lowest BCUT2D eigenvalue weighted by Gasteiger charge is -2.16. The van der Waals surface area contributed by atoms with Gasteiger partial charge >= 0.3 is 0 Å². The van der Waals surface area contributed by atoms with Gasteiger partial charge < -0.3 is 15.0 Å². The van der Waals surface area contributed by atoms with Gasteiger partial charge in [0.25, 0.3) is 5.91 Å². The Morgan fingerprint density at radius 2 is 1.79 bits per heavy atom.